The Hall–Kier alpha value is -3.03. The van der Waals surface area contributed by atoms with E-state index >= 15 is 0 Å². The molecular formula is C23H23FN4OS. The minimum Gasteiger partial charge on any atom is -0.461 e. The third kappa shape index (κ3) is 3.99. The fourth-order valence-corrected chi connectivity index (χ4v) is 4.00. The van der Waals surface area contributed by atoms with Crippen molar-refractivity contribution in [3.05, 3.63) is 94.7 Å². The van der Waals surface area contributed by atoms with Gasteiger partial charge in [-0.3, -0.25) is 9.47 Å². The first-order chi connectivity index (χ1) is 14.6. The number of hydrogen-bond donors (Lipinski definition) is 0. The van der Waals surface area contributed by atoms with Gasteiger partial charge >= 0.3 is 0 Å². The van der Waals surface area contributed by atoms with Crippen LogP contribution in [0.1, 0.15) is 24.1 Å². The molecule has 0 aliphatic carbocycles. The Morgan fingerprint density at radius 2 is 1.73 bits per heavy atom. The summed E-state index contributed by atoms with van der Waals surface area (Å²) in [7, 11) is 2.01. The Bertz CT molecular complexity index is 1150. The fourth-order valence-electron chi connectivity index (χ4n) is 3.68. The highest BCUT2D eigenvalue weighted by atomic mass is 32.1. The minimum absolute atomic E-state index is 0.0764. The average Bonchev–Trinajstić information content (AvgIpc) is 3.39. The molecule has 0 N–H and O–H groups in total. The summed E-state index contributed by atoms with van der Waals surface area (Å²) in [6.45, 7) is 3.19. The number of hydrogen-bond acceptors (Lipinski definition) is 4. The lowest BCUT2D eigenvalue weighted by atomic mass is 9.98. The number of aromatic nitrogens is 3. The summed E-state index contributed by atoms with van der Waals surface area (Å²) in [4.78, 5) is 2.15. The molecule has 0 spiro atoms. The summed E-state index contributed by atoms with van der Waals surface area (Å²) >= 11 is 5.69. The summed E-state index contributed by atoms with van der Waals surface area (Å²) in [5.74, 6) is 1.14. The van der Waals surface area contributed by atoms with Gasteiger partial charge in [0.1, 0.15) is 5.82 Å². The largest absolute Gasteiger partial charge is 0.461 e. The molecule has 0 aliphatic heterocycles. The van der Waals surface area contributed by atoms with E-state index < -0.39 is 0 Å². The van der Waals surface area contributed by atoms with Crippen molar-refractivity contribution in [1.29, 1.82) is 0 Å². The molecule has 4 aromatic rings. The van der Waals surface area contributed by atoms with Crippen LogP contribution in [0.3, 0.4) is 0 Å². The van der Waals surface area contributed by atoms with Crippen LogP contribution in [-0.2, 0) is 13.2 Å². The lowest BCUT2D eigenvalue weighted by Gasteiger charge is -2.28. The van der Waals surface area contributed by atoms with E-state index in [2.05, 4.69) is 17.0 Å². The maximum absolute atomic E-state index is 13.5. The predicted octanol–water partition coefficient (Wildman–Crippen LogP) is 5.51. The van der Waals surface area contributed by atoms with Crippen LogP contribution in [0, 0.1) is 10.6 Å². The van der Waals surface area contributed by atoms with Crippen molar-refractivity contribution in [3.8, 4) is 11.6 Å². The molecule has 2 heterocycles. The van der Waals surface area contributed by atoms with Gasteiger partial charge in [-0.15, -0.1) is 5.10 Å². The number of furan rings is 1. The molecule has 5 nitrogen and oxygen atoms in total. The molecule has 0 radical (unpaired) electrons. The Kier molecular flexibility index (Phi) is 5.92. The summed E-state index contributed by atoms with van der Waals surface area (Å²) < 4.78 is 23.4. The molecule has 30 heavy (non-hydrogen) atoms. The van der Waals surface area contributed by atoms with Crippen LogP contribution < -0.4 is 0 Å². The zero-order chi connectivity index (χ0) is 21.1. The van der Waals surface area contributed by atoms with Gasteiger partial charge in [-0.1, -0.05) is 42.5 Å². The van der Waals surface area contributed by atoms with Gasteiger partial charge in [0.15, 0.2) is 16.4 Å². The normalized spacial score (nSPS) is 12.4. The third-order valence-corrected chi connectivity index (χ3v) is 5.51. The van der Waals surface area contributed by atoms with Crippen molar-refractivity contribution in [2.24, 2.45) is 0 Å². The van der Waals surface area contributed by atoms with Crippen LogP contribution in [0.2, 0.25) is 0 Å². The van der Waals surface area contributed by atoms with Crippen LogP contribution >= 0.6 is 12.2 Å². The van der Waals surface area contributed by atoms with E-state index in [-0.39, 0.29) is 11.9 Å². The zero-order valence-corrected chi connectivity index (χ0v) is 17.7. The number of benzene rings is 2. The van der Waals surface area contributed by atoms with Crippen molar-refractivity contribution >= 4 is 12.2 Å². The van der Waals surface area contributed by atoms with E-state index in [9.17, 15) is 4.39 Å². The molecule has 0 amide bonds. The maximum atomic E-state index is 13.5. The molecule has 1 unspecified atom stereocenters. The number of nitrogens with zero attached hydrogens (tertiary/aromatic N) is 4. The predicted molar refractivity (Wildman–Crippen MR) is 117 cm³/mol. The smallest absolute Gasteiger partial charge is 0.199 e. The molecular weight excluding hydrogens is 399 g/mol. The second-order valence-electron chi connectivity index (χ2n) is 7.09. The van der Waals surface area contributed by atoms with Gasteiger partial charge < -0.3 is 4.42 Å². The van der Waals surface area contributed by atoms with E-state index in [0.717, 1.165) is 11.1 Å². The average molecular weight is 423 g/mol. The molecule has 2 aromatic carbocycles. The van der Waals surface area contributed by atoms with Gasteiger partial charge in [0.25, 0.3) is 0 Å². The van der Waals surface area contributed by atoms with Gasteiger partial charge in [-0.2, -0.15) is 0 Å². The van der Waals surface area contributed by atoms with Gasteiger partial charge in [-0.25, -0.2) is 9.07 Å². The third-order valence-electron chi connectivity index (χ3n) is 5.08. The molecule has 7 heteroatoms. The van der Waals surface area contributed by atoms with Crippen LogP contribution in [0.5, 0.6) is 0 Å². The van der Waals surface area contributed by atoms with Crippen molar-refractivity contribution in [2.45, 2.75) is 26.2 Å². The highest BCUT2D eigenvalue weighted by Gasteiger charge is 2.22. The highest BCUT2D eigenvalue weighted by Crippen LogP contribution is 2.28. The Balaban J connectivity index is 1.70. The lowest BCUT2D eigenvalue weighted by molar-refractivity contribution is 0.207. The molecule has 1 atom stereocenters. The topological polar surface area (TPSA) is 39.1 Å². The number of halogens is 1. The lowest BCUT2D eigenvalue weighted by Crippen LogP contribution is -2.28. The van der Waals surface area contributed by atoms with E-state index in [1.807, 2.05) is 61.0 Å². The first kappa shape index (κ1) is 20.3. The summed E-state index contributed by atoms with van der Waals surface area (Å²) in [6.07, 6.45) is 1.63. The van der Waals surface area contributed by atoms with Crippen molar-refractivity contribution in [3.63, 3.8) is 0 Å². The summed E-state index contributed by atoms with van der Waals surface area (Å²) in [5, 5.41) is 4.73. The van der Waals surface area contributed by atoms with E-state index in [0.29, 0.717) is 29.6 Å². The maximum Gasteiger partial charge on any atom is 0.199 e. The van der Waals surface area contributed by atoms with E-state index in [1.54, 1.807) is 10.9 Å². The zero-order valence-electron chi connectivity index (χ0n) is 16.9. The molecule has 0 aliphatic rings. The standard InChI is InChI=1S/C23H23FN4OS/c1-3-27-22(20-10-7-15-29-20)25-28(23(27)30)16-26(2)21(17-8-5-4-6-9-17)18-11-13-19(24)14-12-18/h4-15,21H,3,16H2,1-2H3. The second kappa shape index (κ2) is 8.77. The van der Waals surface area contributed by atoms with Gasteiger partial charge in [0.2, 0.25) is 0 Å². The van der Waals surface area contributed by atoms with Gasteiger partial charge in [-0.05, 0) is 61.6 Å². The van der Waals surface area contributed by atoms with Gasteiger partial charge in [0.05, 0.1) is 19.0 Å². The molecule has 154 valence electrons. The first-order valence-electron chi connectivity index (χ1n) is 9.80. The molecule has 2 aromatic heterocycles. The minimum atomic E-state index is -0.250. The van der Waals surface area contributed by atoms with E-state index in [1.165, 1.54) is 12.1 Å². The molecule has 0 saturated carbocycles. The summed E-state index contributed by atoms with van der Waals surface area (Å²) in [5.41, 5.74) is 2.11. The quantitative estimate of drug-likeness (QED) is 0.368. The Morgan fingerprint density at radius 3 is 2.37 bits per heavy atom. The first-order valence-corrected chi connectivity index (χ1v) is 10.2. The van der Waals surface area contributed by atoms with Crippen molar-refractivity contribution in [2.75, 3.05) is 7.05 Å². The molecule has 0 saturated heterocycles. The van der Waals surface area contributed by atoms with Crippen LogP contribution in [0.4, 0.5) is 4.39 Å². The summed E-state index contributed by atoms with van der Waals surface area (Å²) in [6, 6.07) is 20.4. The molecule has 4 rings (SSSR count). The van der Waals surface area contributed by atoms with Gasteiger partial charge in [0, 0.05) is 6.54 Å². The fraction of sp³-hybridized carbons (Fsp3) is 0.217. The Labute approximate surface area is 180 Å². The Morgan fingerprint density at radius 1 is 1.03 bits per heavy atom. The number of rotatable bonds is 7. The van der Waals surface area contributed by atoms with Crippen molar-refractivity contribution in [1.82, 2.24) is 19.2 Å². The van der Waals surface area contributed by atoms with Crippen LogP contribution in [0.15, 0.2) is 77.4 Å². The second-order valence-corrected chi connectivity index (χ2v) is 7.46. The van der Waals surface area contributed by atoms with Crippen LogP contribution in [0.25, 0.3) is 11.6 Å². The highest BCUT2D eigenvalue weighted by molar-refractivity contribution is 7.71. The van der Waals surface area contributed by atoms with Crippen molar-refractivity contribution < 1.29 is 8.81 Å². The van der Waals surface area contributed by atoms with Crippen LogP contribution in [-0.4, -0.2) is 26.3 Å². The van der Waals surface area contributed by atoms with E-state index in [4.69, 9.17) is 21.7 Å². The SMILES string of the molecule is CCn1c(-c2ccco2)nn(CN(C)C(c2ccccc2)c2ccc(F)cc2)c1=S. The molecule has 0 fully saturated rings. The molecule has 0 bridgehead atoms. The monoisotopic (exact) mass is 422 g/mol.